The number of para-hydroxylation sites is 1. The Hall–Kier alpha value is -2.06. The molecule has 0 saturated carbocycles. The predicted molar refractivity (Wildman–Crippen MR) is 112 cm³/mol. The van der Waals surface area contributed by atoms with E-state index in [2.05, 4.69) is 0 Å². The number of hydrogen-bond acceptors (Lipinski definition) is 5. The lowest BCUT2D eigenvalue weighted by molar-refractivity contribution is -0.139. The Labute approximate surface area is 174 Å². The number of benzene rings is 2. The number of thiocarbonyl (C=S) groups is 1. The van der Waals surface area contributed by atoms with Crippen molar-refractivity contribution in [2.24, 2.45) is 0 Å². The van der Waals surface area contributed by atoms with E-state index >= 15 is 0 Å². The van der Waals surface area contributed by atoms with Gasteiger partial charge in [-0.3, -0.25) is 9.69 Å². The molecule has 1 aliphatic heterocycles. The molecule has 0 radical (unpaired) electrons. The third-order valence-corrected chi connectivity index (χ3v) is 5.34. The van der Waals surface area contributed by atoms with Gasteiger partial charge in [0.05, 0.1) is 15.6 Å². The van der Waals surface area contributed by atoms with Crippen LogP contribution in [0, 0.1) is 0 Å². The monoisotopic (exact) mass is 439 g/mol. The molecule has 0 aliphatic carbocycles. The minimum Gasteiger partial charge on any atom is -0.481 e. The minimum atomic E-state index is -1.09. The molecule has 2 aromatic carbocycles. The number of carboxylic acid groups (broad SMARTS) is 1. The topological polar surface area (TPSA) is 66.8 Å². The fourth-order valence-electron chi connectivity index (χ4n) is 2.35. The van der Waals surface area contributed by atoms with E-state index in [1.165, 1.54) is 11.0 Å². The van der Waals surface area contributed by atoms with Gasteiger partial charge in [0.15, 0.2) is 10.9 Å². The third kappa shape index (κ3) is 4.44. The second-order valence-electron chi connectivity index (χ2n) is 5.33. The lowest BCUT2D eigenvalue weighted by Gasteiger charge is -2.16. The van der Waals surface area contributed by atoms with Crippen LogP contribution in [0.1, 0.15) is 5.56 Å². The fourth-order valence-corrected chi connectivity index (χ4v) is 4.12. The molecule has 1 amide bonds. The van der Waals surface area contributed by atoms with Gasteiger partial charge in [0, 0.05) is 10.6 Å². The number of amides is 1. The second-order valence-corrected chi connectivity index (χ2v) is 7.85. The van der Waals surface area contributed by atoms with E-state index in [-0.39, 0.29) is 5.91 Å². The normalized spacial score (nSPS) is 15.5. The summed E-state index contributed by atoms with van der Waals surface area (Å²) in [6.45, 7) is -0.480. The van der Waals surface area contributed by atoms with Crippen molar-refractivity contribution in [1.29, 1.82) is 0 Å². The minimum absolute atomic E-state index is 0.310. The number of nitrogens with zero attached hydrogens (tertiary/aromatic N) is 1. The van der Waals surface area contributed by atoms with Gasteiger partial charge < -0.3 is 9.84 Å². The van der Waals surface area contributed by atoms with E-state index in [0.29, 0.717) is 36.3 Å². The molecule has 2 aromatic rings. The van der Waals surface area contributed by atoms with E-state index in [4.69, 9.17) is 45.3 Å². The van der Waals surface area contributed by atoms with Crippen LogP contribution < -0.4 is 9.64 Å². The standard InChI is InChI=1S/C18H11Cl2NO4S2/c19-11-5-6-13(12(20)8-11)21-17(24)15(27-18(21)26)7-10-3-1-2-4-14(10)25-9-16(22)23/h1-8H,9H2,(H,22,23)/b15-7-. The van der Waals surface area contributed by atoms with Crippen molar-refractivity contribution >= 4 is 75.1 Å². The average Bonchev–Trinajstić information content (AvgIpc) is 2.88. The van der Waals surface area contributed by atoms with E-state index < -0.39 is 12.6 Å². The van der Waals surface area contributed by atoms with Crippen molar-refractivity contribution < 1.29 is 19.4 Å². The number of anilines is 1. The summed E-state index contributed by atoms with van der Waals surface area (Å²) in [6.07, 6.45) is 1.61. The van der Waals surface area contributed by atoms with Gasteiger partial charge in [-0.2, -0.15) is 0 Å². The quantitative estimate of drug-likeness (QED) is 0.529. The van der Waals surface area contributed by atoms with Crippen LogP contribution >= 0.6 is 47.2 Å². The predicted octanol–water partition coefficient (Wildman–Crippen LogP) is 4.86. The Kier molecular flexibility index (Phi) is 6.06. The Morgan fingerprint density at radius 1 is 1.26 bits per heavy atom. The van der Waals surface area contributed by atoms with Crippen molar-refractivity contribution in [2.45, 2.75) is 0 Å². The highest BCUT2D eigenvalue weighted by Gasteiger charge is 2.34. The van der Waals surface area contributed by atoms with E-state index in [1.807, 2.05) is 0 Å². The van der Waals surface area contributed by atoms with Crippen molar-refractivity contribution in [3.05, 3.63) is 63.0 Å². The van der Waals surface area contributed by atoms with Gasteiger partial charge in [-0.05, 0) is 30.3 Å². The van der Waals surface area contributed by atoms with E-state index in [9.17, 15) is 9.59 Å². The highest BCUT2D eigenvalue weighted by molar-refractivity contribution is 8.27. The summed E-state index contributed by atoms with van der Waals surface area (Å²) in [5.41, 5.74) is 1.02. The molecule has 0 atom stereocenters. The largest absolute Gasteiger partial charge is 0.481 e. The van der Waals surface area contributed by atoms with Crippen molar-refractivity contribution in [3.63, 3.8) is 0 Å². The van der Waals surface area contributed by atoms with Crippen LogP contribution in [0.25, 0.3) is 6.08 Å². The maximum atomic E-state index is 12.9. The van der Waals surface area contributed by atoms with Crippen LogP contribution in [0.15, 0.2) is 47.4 Å². The van der Waals surface area contributed by atoms with Gasteiger partial charge in [-0.25, -0.2) is 4.79 Å². The molecule has 1 aliphatic rings. The zero-order valence-electron chi connectivity index (χ0n) is 13.5. The summed E-state index contributed by atoms with van der Waals surface area (Å²) in [5.74, 6) is -1.06. The van der Waals surface area contributed by atoms with Crippen molar-refractivity contribution in [3.8, 4) is 5.75 Å². The Morgan fingerprint density at radius 2 is 2.00 bits per heavy atom. The molecule has 1 N–H and O–H groups in total. The Balaban J connectivity index is 1.92. The molecule has 1 fully saturated rings. The van der Waals surface area contributed by atoms with E-state index in [0.717, 1.165) is 11.8 Å². The summed E-state index contributed by atoms with van der Waals surface area (Å²) < 4.78 is 5.60. The summed E-state index contributed by atoms with van der Waals surface area (Å²) >= 11 is 18.6. The summed E-state index contributed by atoms with van der Waals surface area (Å²) in [4.78, 5) is 25.3. The molecule has 0 aromatic heterocycles. The number of carbonyl (C=O) groups is 2. The van der Waals surface area contributed by atoms with Gasteiger partial charge in [0.2, 0.25) is 0 Å². The smallest absolute Gasteiger partial charge is 0.341 e. The summed E-state index contributed by atoms with van der Waals surface area (Å²) in [6, 6.07) is 11.6. The first-order valence-electron chi connectivity index (χ1n) is 7.53. The zero-order chi connectivity index (χ0) is 19.6. The average molecular weight is 440 g/mol. The Morgan fingerprint density at radius 3 is 2.70 bits per heavy atom. The van der Waals surface area contributed by atoms with Gasteiger partial charge >= 0.3 is 5.97 Å². The lowest BCUT2D eigenvalue weighted by atomic mass is 10.2. The number of thioether (sulfide) groups is 1. The second kappa shape index (κ2) is 8.31. The molecular weight excluding hydrogens is 429 g/mol. The summed E-state index contributed by atoms with van der Waals surface area (Å²) in [7, 11) is 0. The zero-order valence-corrected chi connectivity index (χ0v) is 16.7. The van der Waals surface area contributed by atoms with Crippen molar-refractivity contribution in [2.75, 3.05) is 11.5 Å². The molecular formula is C18H11Cl2NO4S2. The molecule has 1 heterocycles. The number of aliphatic carboxylic acids is 1. The highest BCUT2D eigenvalue weighted by atomic mass is 35.5. The number of ether oxygens (including phenoxy) is 1. The van der Waals surface area contributed by atoms with Crippen LogP contribution in [0.4, 0.5) is 5.69 Å². The lowest BCUT2D eigenvalue weighted by Crippen LogP contribution is -2.27. The highest BCUT2D eigenvalue weighted by Crippen LogP contribution is 2.40. The maximum absolute atomic E-state index is 12.9. The molecule has 1 saturated heterocycles. The van der Waals surface area contributed by atoms with Gasteiger partial charge in [-0.15, -0.1) is 0 Å². The fraction of sp³-hybridized carbons (Fsp3) is 0.0556. The number of hydrogen-bond donors (Lipinski definition) is 1. The third-order valence-electron chi connectivity index (χ3n) is 3.50. The van der Waals surface area contributed by atoms with Gasteiger partial charge in [-0.1, -0.05) is 65.4 Å². The first-order chi connectivity index (χ1) is 12.9. The number of carboxylic acids is 1. The molecule has 27 heavy (non-hydrogen) atoms. The van der Waals surface area contributed by atoms with Crippen LogP contribution in [0.2, 0.25) is 10.0 Å². The van der Waals surface area contributed by atoms with Crippen LogP contribution in [0.3, 0.4) is 0 Å². The van der Waals surface area contributed by atoms with Gasteiger partial charge in [0.1, 0.15) is 5.75 Å². The first kappa shape index (κ1) is 19.7. The molecule has 138 valence electrons. The molecule has 0 unspecified atom stereocenters. The van der Waals surface area contributed by atoms with Crippen LogP contribution in [-0.4, -0.2) is 27.9 Å². The Bertz CT molecular complexity index is 978. The molecule has 3 rings (SSSR count). The number of carbonyl (C=O) groups excluding carboxylic acids is 1. The molecule has 9 heteroatoms. The molecule has 0 spiro atoms. The van der Waals surface area contributed by atoms with Crippen LogP contribution in [-0.2, 0) is 9.59 Å². The molecule has 0 bridgehead atoms. The number of halogens is 2. The maximum Gasteiger partial charge on any atom is 0.341 e. The van der Waals surface area contributed by atoms with E-state index in [1.54, 1.807) is 42.5 Å². The van der Waals surface area contributed by atoms with Crippen molar-refractivity contribution in [1.82, 2.24) is 0 Å². The van der Waals surface area contributed by atoms with Crippen LogP contribution in [0.5, 0.6) is 5.75 Å². The number of rotatable bonds is 5. The molecule has 5 nitrogen and oxygen atoms in total. The SMILES string of the molecule is O=C(O)COc1ccccc1/C=C1\SC(=S)N(c2ccc(Cl)cc2Cl)C1=O. The first-order valence-corrected chi connectivity index (χ1v) is 9.51. The summed E-state index contributed by atoms with van der Waals surface area (Å²) in [5, 5.41) is 9.55. The van der Waals surface area contributed by atoms with Gasteiger partial charge in [0.25, 0.3) is 5.91 Å².